The van der Waals surface area contributed by atoms with Crippen molar-refractivity contribution in [2.75, 3.05) is 5.43 Å². The summed E-state index contributed by atoms with van der Waals surface area (Å²) in [6.07, 6.45) is 2.01. The van der Waals surface area contributed by atoms with Gasteiger partial charge in [0, 0.05) is 5.39 Å². The smallest absolute Gasteiger partial charge is 0.143 e. The molecular weight excluding hydrogens is 234 g/mol. The van der Waals surface area contributed by atoms with Gasteiger partial charge in [-0.25, -0.2) is 10.8 Å². The van der Waals surface area contributed by atoms with E-state index in [9.17, 15) is 0 Å². The highest BCUT2D eigenvalue weighted by Crippen LogP contribution is 2.28. The predicted molar refractivity (Wildman–Crippen MR) is 73.3 cm³/mol. The van der Waals surface area contributed by atoms with E-state index in [0.717, 1.165) is 29.3 Å². The van der Waals surface area contributed by atoms with E-state index in [0.29, 0.717) is 10.8 Å². The van der Waals surface area contributed by atoms with Gasteiger partial charge in [0.15, 0.2) is 0 Å². The number of pyridine rings is 1. The topological polar surface area (TPSA) is 50.9 Å². The predicted octanol–water partition coefficient (Wildman–Crippen LogP) is 3.43. The monoisotopic (exact) mass is 249 g/mol. The Labute approximate surface area is 106 Å². The number of rotatable bonds is 3. The molecule has 0 saturated carbocycles. The average Bonchev–Trinajstić information content (AvgIpc) is 2.34. The number of anilines is 1. The fourth-order valence-corrected chi connectivity index (χ4v) is 2.20. The third-order valence-electron chi connectivity index (χ3n) is 2.89. The quantitative estimate of drug-likeness (QED) is 0.647. The molecule has 3 nitrogen and oxygen atoms in total. The van der Waals surface area contributed by atoms with Crippen molar-refractivity contribution in [1.82, 2.24) is 4.98 Å². The number of nitrogens with two attached hydrogens (primary N) is 1. The van der Waals surface area contributed by atoms with Gasteiger partial charge < -0.3 is 5.43 Å². The van der Waals surface area contributed by atoms with E-state index in [2.05, 4.69) is 30.3 Å². The summed E-state index contributed by atoms with van der Waals surface area (Å²) in [6.45, 7) is 4.20. The van der Waals surface area contributed by atoms with Crippen molar-refractivity contribution < 1.29 is 0 Å². The highest BCUT2D eigenvalue weighted by atomic mass is 35.5. The van der Waals surface area contributed by atoms with Crippen LogP contribution in [-0.2, 0) is 6.42 Å². The Bertz CT molecular complexity index is 552. The van der Waals surface area contributed by atoms with Crippen molar-refractivity contribution in [2.24, 2.45) is 5.84 Å². The van der Waals surface area contributed by atoms with Crippen LogP contribution in [0.3, 0.4) is 0 Å². The van der Waals surface area contributed by atoms with Gasteiger partial charge in [0.05, 0.1) is 10.5 Å². The van der Waals surface area contributed by atoms with Crippen LogP contribution in [0.2, 0.25) is 5.02 Å². The van der Waals surface area contributed by atoms with Gasteiger partial charge >= 0.3 is 0 Å². The fraction of sp³-hybridized carbons (Fsp3) is 0.308. The molecule has 1 aromatic carbocycles. The average molecular weight is 250 g/mol. The van der Waals surface area contributed by atoms with Crippen LogP contribution in [-0.4, -0.2) is 4.98 Å². The Kier molecular flexibility index (Phi) is 3.50. The first kappa shape index (κ1) is 12.1. The van der Waals surface area contributed by atoms with Gasteiger partial charge in [-0.1, -0.05) is 31.0 Å². The van der Waals surface area contributed by atoms with E-state index in [1.807, 2.05) is 12.1 Å². The molecule has 0 atom stereocenters. The third kappa shape index (κ3) is 2.21. The molecule has 2 rings (SSSR count). The SMILES string of the molecule is CCCc1cc2c(C)ccc(Cl)c2nc1NN. The zero-order valence-corrected chi connectivity index (χ0v) is 10.8. The molecule has 4 heteroatoms. The van der Waals surface area contributed by atoms with Crippen molar-refractivity contribution >= 4 is 28.3 Å². The summed E-state index contributed by atoms with van der Waals surface area (Å²) >= 11 is 6.16. The van der Waals surface area contributed by atoms with E-state index in [4.69, 9.17) is 17.4 Å². The van der Waals surface area contributed by atoms with Gasteiger partial charge in [-0.2, -0.15) is 0 Å². The maximum atomic E-state index is 6.16. The van der Waals surface area contributed by atoms with Crippen molar-refractivity contribution in [3.05, 3.63) is 34.3 Å². The van der Waals surface area contributed by atoms with Gasteiger partial charge in [0.1, 0.15) is 5.82 Å². The Balaban J connectivity index is 2.73. The molecule has 0 aliphatic rings. The summed E-state index contributed by atoms with van der Waals surface area (Å²) in [5.74, 6) is 6.22. The maximum Gasteiger partial charge on any atom is 0.143 e. The highest BCUT2D eigenvalue weighted by molar-refractivity contribution is 6.35. The lowest BCUT2D eigenvalue weighted by molar-refractivity contribution is 0.917. The molecule has 0 bridgehead atoms. The number of nitrogens with one attached hydrogen (secondary N) is 1. The van der Waals surface area contributed by atoms with Crippen LogP contribution in [0.15, 0.2) is 18.2 Å². The van der Waals surface area contributed by atoms with Crippen LogP contribution in [0.4, 0.5) is 5.82 Å². The van der Waals surface area contributed by atoms with Gasteiger partial charge in [-0.3, -0.25) is 0 Å². The molecule has 0 amide bonds. The largest absolute Gasteiger partial charge is 0.308 e. The Hall–Kier alpha value is -1.32. The molecule has 1 aromatic heterocycles. The minimum atomic E-state index is 0.658. The molecule has 0 fully saturated rings. The Morgan fingerprint density at radius 2 is 2.18 bits per heavy atom. The molecule has 90 valence electrons. The minimum Gasteiger partial charge on any atom is -0.308 e. The summed E-state index contributed by atoms with van der Waals surface area (Å²) in [7, 11) is 0. The first-order valence-electron chi connectivity index (χ1n) is 5.72. The molecule has 0 aliphatic carbocycles. The van der Waals surface area contributed by atoms with Crippen LogP contribution in [0, 0.1) is 6.92 Å². The van der Waals surface area contributed by atoms with Crippen LogP contribution in [0.25, 0.3) is 10.9 Å². The second kappa shape index (κ2) is 4.90. The molecule has 3 N–H and O–H groups in total. The standard InChI is InChI=1S/C13H16ClN3/c1-3-4-9-7-10-8(2)5-6-11(14)12(10)16-13(9)17-15/h5-7H,3-4,15H2,1-2H3,(H,16,17). The normalized spacial score (nSPS) is 10.8. The molecule has 0 unspecified atom stereocenters. The number of hydrogen-bond acceptors (Lipinski definition) is 3. The van der Waals surface area contributed by atoms with Crippen molar-refractivity contribution in [3.63, 3.8) is 0 Å². The number of halogens is 1. The molecular formula is C13H16ClN3. The number of aryl methyl sites for hydroxylation is 2. The van der Waals surface area contributed by atoms with Crippen molar-refractivity contribution in [2.45, 2.75) is 26.7 Å². The second-order valence-corrected chi connectivity index (χ2v) is 4.56. The van der Waals surface area contributed by atoms with E-state index >= 15 is 0 Å². The first-order valence-corrected chi connectivity index (χ1v) is 6.10. The van der Waals surface area contributed by atoms with E-state index in [1.165, 1.54) is 5.56 Å². The number of nitrogen functional groups attached to an aromatic ring is 1. The molecule has 0 radical (unpaired) electrons. The highest BCUT2D eigenvalue weighted by Gasteiger charge is 2.09. The number of aromatic nitrogens is 1. The van der Waals surface area contributed by atoms with Gasteiger partial charge in [-0.05, 0) is 36.6 Å². The summed E-state index contributed by atoms with van der Waals surface area (Å²) < 4.78 is 0. The lowest BCUT2D eigenvalue weighted by Gasteiger charge is -2.11. The lowest BCUT2D eigenvalue weighted by atomic mass is 10.0. The number of nitrogens with zero attached hydrogens (tertiary/aromatic N) is 1. The summed E-state index contributed by atoms with van der Waals surface area (Å²) in [4.78, 5) is 4.50. The van der Waals surface area contributed by atoms with Gasteiger partial charge in [0.2, 0.25) is 0 Å². The zero-order chi connectivity index (χ0) is 12.4. The Morgan fingerprint density at radius 3 is 2.82 bits per heavy atom. The Morgan fingerprint density at radius 1 is 1.41 bits per heavy atom. The maximum absolute atomic E-state index is 6.16. The lowest BCUT2D eigenvalue weighted by Crippen LogP contribution is -2.11. The number of hydrogen-bond donors (Lipinski definition) is 2. The molecule has 0 spiro atoms. The number of fused-ring (bicyclic) bond motifs is 1. The number of benzene rings is 1. The van der Waals surface area contributed by atoms with Crippen LogP contribution in [0.1, 0.15) is 24.5 Å². The minimum absolute atomic E-state index is 0.658. The third-order valence-corrected chi connectivity index (χ3v) is 3.19. The molecule has 1 heterocycles. The first-order chi connectivity index (χ1) is 8.17. The van der Waals surface area contributed by atoms with E-state index < -0.39 is 0 Å². The van der Waals surface area contributed by atoms with Crippen molar-refractivity contribution in [3.8, 4) is 0 Å². The van der Waals surface area contributed by atoms with E-state index in [-0.39, 0.29) is 0 Å². The molecule has 0 saturated heterocycles. The molecule has 2 aromatic rings. The summed E-state index contributed by atoms with van der Waals surface area (Å²) in [6, 6.07) is 6.01. The van der Waals surface area contributed by atoms with Gasteiger partial charge in [0.25, 0.3) is 0 Å². The molecule has 0 aliphatic heterocycles. The summed E-state index contributed by atoms with van der Waals surface area (Å²) in [5, 5.41) is 1.75. The summed E-state index contributed by atoms with van der Waals surface area (Å²) in [5.41, 5.74) is 5.77. The van der Waals surface area contributed by atoms with Crippen LogP contribution >= 0.6 is 11.6 Å². The van der Waals surface area contributed by atoms with Gasteiger partial charge in [-0.15, -0.1) is 0 Å². The van der Waals surface area contributed by atoms with Crippen molar-refractivity contribution in [1.29, 1.82) is 0 Å². The zero-order valence-electron chi connectivity index (χ0n) is 10.0. The molecule has 17 heavy (non-hydrogen) atoms. The number of hydrazine groups is 1. The van der Waals surface area contributed by atoms with Crippen LogP contribution in [0.5, 0.6) is 0 Å². The van der Waals surface area contributed by atoms with E-state index in [1.54, 1.807) is 0 Å². The fourth-order valence-electron chi connectivity index (χ4n) is 1.99. The second-order valence-electron chi connectivity index (χ2n) is 4.15. The van der Waals surface area contributed by atoms with Crippen LogP contribution < -0.4 is 11.3 Å².